The van der Waals surface area contributed by atoms with Crippen LogP contribution in [0.3, 0.4) is 0 Å². The highest BCUT2D eigenvalue weighted by Gasteiger charge is 2.35. The molecule has 1 aromatic carbocycles. The SMILES string of the molecule is COc1ccc(C2CC(C#N)C(=O)O2)cc1OC. The van der Waals surface area contributed by atoms with Crippen molar-refractivity contribution in [2.75, 3.05) is 14.2 Å². The lowest BCUT2D eigenvalue weighted by Gasteiger charge is -2.13. The molecule has 18 heavy (non-hydrogen) atoms. The summed E-state index contributed by atoms with van der Waals surface area (Å²) in [7, 11) is 3.10. The van der Waals surface area contributed by atoms with E-state index in [1.807, 2.05) is 6.07 Å². The van der Waals surface area contributed by atoms with Crippen LogP contribution in [-0.2, 0) is 9.53 Å². The van der Waals surface area contributed by atoms with Gasteiger partial charge in [0.15, 0.2) is 11.5 Å². The zero-order valence-electron chi connectivity index (χ0n) is 10.2. The van der Waals surface area contributed by atoms with E-state index in [0.29, 0.717) is 17.9 Å². The largest absolute Gasteiger partial charge is 0.493 e. The number of nitriles is 1. The number of carbonyl (C=O) groups is 1. The van der Waals surface area contributed by atoms with E-state index in [0.717, 1.165) is 5.56 Å². The molecule has 1 heterocycles. The summed E-state index contributed by atoms with van der Waals surface area (Å²) in [4.78, 5) is 11.4. The Bertz CT molecular complexity index is 506. The molecule has 0 N–H and O–H groups in total. The fourth-order valence-corrected chi connectivity index (χ4v) is 1.94. The van der Waals surface area contributed by atoms with Gasteiger partial charge in [-0.15, -0.1) is 0 Å². The van der Waals surface area contributed by atoms with Crippen molar-refractivity contribution in [3.8, 4) is 17.6 Å². The van der Waals surface area contributed by atoms with E-state index in [4.69, 9.17) is 19.5 Å². The second-order valence-electron chi connectivity index (χ2n) is 3.96. The predicted molar refractivity (Wildman–Crippen MR) is 62.1 cm³/mol. The molecule has 1 aliphatic rings. The average molecular weight is 247 g/mol. The summed E-state index contributed by atoms with van der Waals surface area (Å²) in [5.41, 5.74) is 0.804. The molecule has 2 unspecified atom stereocenters. The summed E-state index contributed by atoms with van der Waals surface area (Å²) in [6.45, 7) is 0. The van der Waals surface area contributed by atoms with E-state index < -0.39 is 11.9 Å². The van der Waals surface area contributed by atoms with Gasteiger partial charge in [0.2, 0.25) is 0 Å². The minimum absolute atomic E-state index is 0.380. The van der Waals surface area contributed by atoms with Crippen molar-refractivity contribution < 1.29 is 19.0 Å². The Kier molecular flexibility index (Phi) is 3.38. The Hall–Kier alpha value is -2.22. The van der Waals surface area contributed by atoms with Crippen LogP contribution in [-0.4, -0.2) is 20.2 Å². The highest BCUT2D eigenvalue weighted by atomic mass is 16.6. The monoisotopic (exact) mass is 247 g/mol. The molecule has 5 heteroatoms. The lowest BCUT2D eigenvalue weighted by molar-refractivity contribution is -0.143. The standard InChI is InChI=1S/C13H13NO4/c1-16-10-4-3-8(5-12(10)17-2)11-6-9(7-14)13(15)18-11/h3-5,9,11H,6H2,1-2H3. The van der Waals surface area contributed by atoms with E-state index in [9.17, 15) is 4.79 Å². The molecule has 0 spiro atoms. The average Bonchev–Trinajstić information content (AvgIpc) is 2.79. The highest BCUT2D eigenvalue weighted by molar-refractivity contribution is 5.77. The normalized spacial score (nSPS) is 22.2. The summed E-state index contributed by atoms with van der Waals surface area (Å²) in [5.74, 6) is 0.0502. The maximum absolute atomic E-state index is 11.4. The van der Waals surface area contributed by atoms with Gasteiger partial charge in [0.05, 0.1) is 20.3 Å². The molecule has 0 radical (unpaired) electrons. The molecule has 5 nitrogen and oxygen atoms in total. The smallest absolute Gasteiger partial charge is 0.324 e. The quantitative estimate of drug-likeness (QED) is 0.762. The van der Waals surface area contributed by atoms with E-state index in [2.05, 4.69) is 0 Å². The first kappa shape index (κ1) is 12.2. The minimum Gasteiger partial charge on any atom is -0.493 e. The minimum atomic E-state index is -0.678. The van der Waals surface area contributed by atoms with Crippen LogP contribution in [0.2, 0.25) is 0 Å². The molecule has 1 fully saturated rings. The van der Waals surface area contributed by atoms with Gasteiger partial charge >= 0.3 is 5.97 Å². The van der Waals surface area contributed by atoms with Crippen molar-refractivity contribution in [1.29, 1.82) is 5.26 Å². The molecule has 1 aromatic rings. The molecule has 94 valence electrons. The molecule has 1 saturated heterocycles. The lowest BCUT2D eigenvalue weighted by Crippen LogP contribution is -2.03. The third-order valence-corrected chi connectivity index (χ3v) is 2.93. The molecule has 1 aliphatic heterocycles. The molecule has 2 rings (SSSR count). The Labute approximate surface area is 105 Å². The molecule has 0 aromatic heterocycles. The Morgan fingerprint density at radius 2 is 2.06 bits per heavy atom. The predicted octanol–water partition coefficient (Wildman–Crippen LogP) is 1.83. The number of cyclic esters (lactones) is 1. The number of benzene rings is 1. The van der Waals surface area contributed by atoms with E-state index in [1.54, 1.807) is 32.4 Å². The fourth-order valence-electron chi connectivity index (χ4n) is 1.94. The number of hydrogen-bond donors (Lipinski definition) is 0. The first-order valence-corrected chi connectivity index (χ1v) is 5.51. The highest BCUT2D eigenvalue weighted by Crippen LogP contribution is 2.37. The Balaban J connectivity index is 2.25. The zero-order valence-corrected chi connectivity index (χ0v) is 10.2. The lowest BCUT2D eigenvalue weighted by atomic mass is 10.0. The molecule has 0 saturated carbocycles. The topological polar surface area (TPSA) is 68.5 Å². The summed E-state index contributed by atoms with van der Waals surface area (Å²) in [6.07, 6.45) is -0.00730. The molecular formula is C13H13NO4. The number of esters is 1. The van der Waals surface area contributed by atoms with Crippen molar-refractivity contribution in [2.45, 2.75) is 12.5 Å². The van der Waals surface area contributed by atoms with Gasteiger partial charge in [-0.05, 0) is 17.7 Å². The summed E-state index contributed by atoms with van der Waals surface area (Å²) in [6, 6.07) is 7.25. The van der Waals surface area contributed by atoms with Crippen molar-refractivity contribution in [3.05, 3.63) is 23.8 Å². The van der Waals surface area contributed by atoms with Crippen molar-refractivity contribution >= 4 is 5.97 Å². The molecule has 0 bridgehead atoms. The van der Waals surface area contributed by atoms with E-state index in [1.165, 1.54) is 0 Å². The van der Waals surface area contributed by atoms with Crippen LogP contribution in [0.5, 0.6) is 11.5 Å². The maximum atomic E-state index is 11.4. The van der Waals surface area contributed by atoms with Crippen LogP contribution >= 0.6 is 0 Å². The summed E-state index contributed by atoms with van der Waals surface area (Å²) < 4.78 is 15.5. The van der Waals surface area contributed by atoms with Crippen LogP contribution in [0.1, 0.15) is 18.1 Å². The summed E-state index contributed by atoms with van der Waals surface area (Å²) in [5, 5.41) is 8.79. The third-order valence-electron chi connectivity index (χ3n) is 2.93. The van der Waals surface area contributed by atoms with Crippen LogP contribution in [0.15, 0.2) is 18.2 Å². The summed E-state index contributed by atoms with van der Waals surface area (Å²) >= 11 is 0. The zero-order chi connectivity index (χ0) is 13.1. The van der Waals surface area contributed by atoms with Gasteiger partial charge in [-0.25, -0.2) is 0 Å². The maximum Gasteiger partial charge on any atom is 0.324 e. The number of rotatable bonds is 3. The van der Waals surface area contributed by atoms with Crippen LogP contribution in [0.25, 0.3) is 0 Å². The van der Waals surface area contributed by atoms with E-state index >= 15 is 0 Å². The van der Waals surface area contributed by atoms with E-state index in [-0.39, 0.29) is 6.10 Å². The van der Waals surface area contributed by atoms with Crippen molar-refractivity contribution in [1.82, 2.24) is 0 Å². The Morgan fingerprint density at radius 3 is 2.61 bits per heavy atom. The first-order chi connectivity index (χ1) is 8.69. The van der Waals surface area contributed by atoms with Crippen LogP contribution < -0.4 is 9.47 Å². The number of carbonyl (C=O) groups excluding carboxylic acids is 1. The van der Waals surface area contributed by atoms with Gasteiger partial charge < -0.3 is 14.2 Å². The van der Waals surface area contributed by atoms with Crippen LogP contribution in [0.4, 0.5) is 0 Å². The number of nitrogens with zero attached hydrogens (tertiary/aromatic N) is 1. The number of hydrogen-bond acceptors (Lipinski definition) is 5. The molecule has 0 amide bonds. The van der Waals surface area contributed by atoms with Gasteiger partial charge in [-0.3, -0.25) is 4.79 Å². The van der Waals surface area contributed by atoms with Gasteiger partial charge in [-0.2, -0.15) is 5.26 Å². The second kappa shape index (κ2) is 4.96. The van der Waals surface area contributed by atoms with Gasteiger partial charge in [0.1, 0.15) is 12.0 Å². The fraction of sp³-hybridized carbons (Fsp3) is 0.385. The first-order valence-electron chi connectivity index (χ1n) is 5.51. The van der Waals surface area contributed by atoms with Crippen molar-refractivity contribution in [3.63, 3.8) is 0 Å². The second-order valence-corrected chi connectivity index (χ2v) is 3.96. The van der Waals surface area contributed by atoms with Crippen molar-refractivity contribution in [2.24, 2.45) is 5.92 Å². The van der Waals surface area contributed by atoms with Crippen LogP contribution in [0, 0.1) is 17.2 Å². The molecule has 2 atom stereocenters. The number of methoxy groups -OCH3 is 2. The molecule has 0 aliphatic carbocycles. The molecular weight excluding hydrogens is 234 g/mol. The van der Waals surface area contributed by atoms with Gasteiger partial charge in [0, 0.05) is 6.42 Å². The number of ether oxygens (including phenoxy) is 3. The Morgan fingerprint density at radius 1 is 1.33 bits per heavy atom. The third kappa shape index (κ3) is 2.09. The van der Waals surface area contributed by atoms with Gasteiger partial charge in [-0.1, -0.05) is 6.07 Å². The van der Waals surface area contributed by atoms with Gasteiger partial charge in [0.25, 0.3) is 0 Å².